The van der Waals surface area contributed by atoms with Crippen molar-refractivity contribution >= 4 is 43.6 Å². The van der Waals surface area contributed by atoms with Gasteiger partial charge < -0.3 is 9.13 Å². The average Bonchev–Trinajstić information content (AvgIpc) is 3.87. The maximum absolute atomic E-state index is 5.42. The highest BCUT2D eigenvalue weighted by Gasteiger charge is 2.22. The predicted molar refractivity (Wildman–Crippen MR) is 256 cm³/mol. The van der Waals surface area contributed by atoms with Crippen LogP contribution < -0.4 is 0 Å². The smallest absolute Gasteiger partial charge is 0.166 e. The quantitative estimate of drug-likeness (QED) is 0.162. The highest BCUT2D eigenvalue weighted by Crippen LogP contribution is 2.42. The molecule has 0 saturated carbocycles. The van der Waals surface area contributed by atoms with E-state index in [0.29, 0.717) is 17.5 Å². The van der Waals surface area contributed by atoms with Crippen LogP contribution >= 0.6 is 0 Å². The second kappa shape index (κ2) is 14.7. The van der Waals surface area contributed by atoms with Gasteiger partial charge in [-0.15, -0.1) is 0 Å². The van der Waals surface area contributed by atoms with Gasteiger partial charge in [0.15, 0.2) is 17.5 Å². The molecular weight excluding hydrogens is 755 g/mol. The third kappa shape index (κ3) is 5.90. The van der Waals surface area contributed by atoms with Crippen molar-refractivity contribution in [1.29, 1.82) is 0 Å². The maximum Gasteiger partial charge on any atom is 0.166 e. The molecule has 0 amide bonds. The summed E-state index contributed by atoms with van der Waals surface area (Å²) in [7, 11) is 0. The van der Waals surface area contributed by atoms with E-state index in [1.54, 1.807) is 0 Å². The van der Waals surface area contributed by atoms with Crippen LogP contribution in [0.25, 0.3) is 111 Å². The lowest BCUT2D eigenvalue weighted by atomic mass is 9.99. The van der Waals surface area contributed by atoms with E-state index in [1.165, 1.54) is 32.7 Å². The fraction of sp³-hybridized carbons (Fsp3) is 0. The minimum atomic E-state index is 0.595. The van der Waals surface area contributed by atoms with Gasteiger partial charge >= 0.3 is 0 Å². The molecule has 9 aromatic carbocycles. The number of fused-ring (bicyclic) bond motifs is 6. The lowest BCUT2D eigenvalue weighted by Crippen LogP contribution is -2.04. The standard InChI is InChI=1S/C57H37N5/c1-5-18-38(19-6-1)41-32-35-48(53(36-41)62-50-30-16-14-27-47(50)54-44(28-17-31-51(54)62)39-20-7-2-8-21-39)57-59-55(40-22-9-3-10-23-40)58-56(60-57)42-33-34-46-45-26-13-15-29-49(45)61(52(46)37-42)43-24-11-4-12-25-43/h1-37H. The summed E-state index contributed by atoms with van der Waals surface area (Å²) in [4.78, 5) is 16.0. The van der Waals surface area contributed by atoms with Crippen molar-refractivity contribution < 1.29 is 0 Å². The molecule has 0 aliphatic rings. The van der Waals surface area contributed by atoms with Crippen LogP contribution in [0.2, 0.25) is 0 Å². The largest absolute Gasteiger partial charge is 0.309 e. The van der Waals surface area contributed by atoms with E-state index in [0.717, 1.165) is 61.3 Å². The van der Waals surface area contributed by atoms with E-state index < -0.39 is 0 Å². The van der Waals surface area contributed by atoms with Gasteiger partial charge in [0.25, 0.3) is 0 Å². The Hall–Kier alpha value is -8.41. The monoisotopic (exact) mass is 791 g/mol. The zero-order chi connectivity index (χ0) is 41.0. The molecule has 0 aliphatic heterocycles. The molecule has 5 nitrogen and oxygen atoms in total. The number of hydrogen-bond acceptors (Lipinski definition) is 3. The molecule has 0 saturated heterocycles. The lowest BCUT2D eigenvalue weighted by molar-refractivity contribution is 1.06. The second-order valence-electron chi connectivity index (χ2n) is 15.6. The number of aromatic nitrogens is 5. The first-order valence-corrected chi connectivity index (χ1v) is 21.0. The number of para-hydroxylation sites is 3. The van der Waals surface area contributed by atoms with Crippen molar-refractivity contribution in [3.8, 4) is 67.8 Å². The van der Waals surface area contributed by atoms with Crippen molar-refractivity contribution in [2.24, 2.45) is 0 Å². The predicted octanol–water partition coefficient (Wildman–Crippen LogP) is 14.4. The Morgan fingerprint density at radius 1 is 0.274 bits per heavy atom. The molecule has 3 heterocycles. The summed E-state index contributed by atoms with van der Waals surface area (Å²) in [6.45, 7) is 0. The Balaban J connectivity index is 1.14. The molecule has 0 bridgehead atoms. The van der Waals surface area contributed by atoms with Crippen LogP contribution in [-0.2, 0) is 0 Å². The highest BCUT2D eigenvalue weighted by molar-refractivity contribution is 6.16. The Morgan fingerprint density at radius 3 is 1.53 bits per heavy atom. The van der Waals surface area contributed by atoms with Gasteiger partial charge in [-0.1, -0.05) is 176 Å². The fourth-order valence-corrected chi connectivity index (χ4v) is 9.16. The molecule has 0 spiro atoms. The zero-order valence-corrected chi connectivity index (χ0v) is 33.6. The van der Waals surface area contributed by atoms with Crippen LogP contribution in [0, 0.1) is 0 Å². The normalized spacial score (nSPS) is 11.5. The van der Waals surface area contributed by atoms with E-state index in [4.69, 9.17) is 15.0 Å². The van der Waals surface area contributed by atoms with Gasteiger partial charge in [0.2, 0.25) is 0 Å². The van der Waals surface area contributed by atoms with Crippen LogP contribution in [0.4, 0.5) is 0 Å². The third-order valence-electron chi connectivity index (χ3n) is 12.0. The molecule has 62 heavy (non-hydrogen) atoms. The first kappa shape index (κ1) is 35.5. The van der Waals surface area contributed by atoms with Crippen molar-refractivity contribution in [2.75, 3.05) is 0 Å². The molecule has 12 aromatic rings. The summed E-state index contributed by atoms with van der Waals surface area (Å²) in [5.74, 6) is 1.81. The minimum Gasteiger partial charge on any atom is -0.309 e. The summed E-state index contributed by atoms with van der Waals surface area (Å²) < 4.78 is 4.73. The van der Waals surface area contributed by atoms with Crippen LogP contribution in [0.3, 0.4) is 0 Å². The van der Waals surface area contributed by atoms with Crippen LogP contribution in [0.15, 0.2) is 224 Å². The van der Waals surface area contributed by atoms with Crippen LogP contribution in [0.1, 0.15) is 0 Å². The van der Waals surface area contributed by atoms with Gasteiger partial charge in [0.05, 0.1) is 27.8 Å². The van der Waals surface area contributed by atoms with Crippen molar-refractivity contribution in [1.82, 2.24) is 24.1 Å². The summed E-state index contributed by atoms with van der Waals surface area (Å²) in [5, 5.41) is 4.75. The minimum absolute atomic E-state index is 0.595. The molecule has 0 unspecified atom stereocenters. The molecule has 5 heteroatoms. The number of nitrogens with zero attached hydrogens (tertiary/aromatic N) is 5. The number of hydrogen-bond donors (Lipinski definition) is 0. The molecule has 12 rings (SSSR count). The molecule has 3 aromatic heterocycles. The Kier molecular flexibility index (Phi) is 8.42. The van der Waals surface area contributed by atoms with Gasteiger partial charge in [0.1, 0.15) is 0 Å². The molecule has 0 N–H and O–H groups in total. The van der Waals surface area contributed by atoms with E-state index in [9.17, 15) is 0 Å². The van der Waals surface area contributed by atoms with Gasteiger partial charge in [-0.25, -0.2) is 15.0 Å². The molecule has 0 radical (unpaired) electrons. The van der Waals surface area contributed by atoms with E-state index in [1.807, 2.05) is 18.2 Å². The summed E-state index contributed by atoms with van der Waals surface area (Å²) in [5.41, 5.74) is 13.9. The molecular formula is C57H37N5. The Bertz CT molecular complexity index is 3610. The van der Waals surface area contributed by atoms with Crippen molar-refractivity contribution in [3.05, 3.63) is 224 Å². The van der Waals surface area contributed by atoms with Crippen molar-refractivity contribution in [3.63, 3.8) is 0 Å². The fourth-order valence-electron chi connectivity index (χ4n) is 9.16. The van der Waals surface area contributed by atoms with Gasteiger partial charge in [-0.05, 0) is 70.8 Å². The van der Waals surface area contributed by atoms with E-state index >= 15 is 0 Å². The molecule has 0 aliphatic carbocycles. The first-order chi connectivity index (χ1) is 30.8. The van der Waals surface area contributed by atoms with Crippen molar-refractivity contribution in [2.45, 2.75) is 0 Å². The summed E-state index contributed by atoms with van der Waals surface area (Å²) >= 11 is 0. The SMILES string of the molecule is c1ccc(-c2ccc(-c3nc(-c4ccccc4)nc(-c4ccc5c6ccccc6n(-c6ccccc6)c5c4)n3)c(-n3c4ccccc4c4c(-c5ccccc5)cccc43)c2)cc1. The molecule has 0 fully saturated rings. The number of benzene rings is 9. The Morgan fingerprint density at radius 2 is 0.806 bits per heavy atom. The molecule has 290 valence electrons. The zero-order valence-electron chi connectivity index (χ0n) is 33.6. The van der Waals surface area contributed by atoms with Gasteiger partial charge in [-0.3, -0.25) is 0 Å². The van der Waals surface area contributed by atoms with E-state index in [-0.39, 0.29) is 0 Å². The van der Waals surface area contributed by atoms with E-state index in [2.05, 4.69) is 215 Å². The molecule has 0 atom stereocenters. The average molecular weight is 792 g/mol. The lowest BCUT2D eigenvalue weighted by Gasteiger charge is -2.17. The first-order valence-electron chi connectivity index (χ1n) is 21.0. The highest BCUT2D eigenvalue weighted by atomic mass is 15.1. The van der Waals surface area contributed by atoms with Gasteiger partial charge in [0, 0.05) is 43.9 Å². The summed E-state index contributed by atoms with van der Waals surface area (Å²) in [6.07, 6.45) is 0. The Labute approximate surface area is 358 Å². The summed E-state index contributed by atoms with van der Waals surface area (Å²) in [6, 6.07) is 79.2. The number of rotatable bonds is 7. The van der Waals surface area contributed by atoms with Gasteiger partial charge in [-0.2, -0.15) is 0 Å². The van der Waals surface area contributed by atoms with Crippen LogP contribution in [0.5, 0.6) is 0 Å². The van der Waals surface area contributed by atoms with Crippen LogP contribution in [-0.4, -0.2) is 24.1 Å². The topological polar surface area (TPSA) is 48.5 Å². The second-order valence-corrected chi connectivity index (χ2v) is 15.6. The maximum atomic E-state index is 5.42. The third-order valence-corrected chi connectivity index (χ3v) is 12.0.